The van der Waals surface area contributed by atoms with Gasteiger partial charge in [0.1, 0.15) is 0 Å². The van der Waals surface area contributed by atoms with Crippen LogP contribution in [-0.2, 0) is 4.79 Å². The van der Waals surface area contributed by atoms with Gasteiger partial charge in [-0.3, -0.25) is 14.5 Å². The number of amides is 2. The lowest BCUT2D eigenvalue weighted by Gasteiger charge is -2.33. The number of carbonyl (C=O) groups is 2. The lowest BCUT2D eigenvalue weighted by Crippen LogP contribution is -2.47. The van der Waals surface area contributed by atoms with Crippen LogP contribution in [-0.4, -0.2) is 17.9 Å². The van der Waals surface area contributed by atoms with Crippen molar-refractivity contribution < 1.29 is 9.59 Å². The van der Waals surface area contributed by atoms with Crippen molar-refractivity contribution >= 4 is 28.3 Å². The molecule has 21 heavy (non-hydrogen) atoms. The molecule has 2 aliphatic rings. The lowest BCUT2D eigenvalue weighted by molar-refractivity contribution is -0.121. The summed E-state index contributed by atoms with van der Waals surface area (Å²) in [4.78, 5) is 26.0. The van der Waals surface area contributed by atoms with Crippen molar-refractivity contribution in [3.63, 3.8) is 0 Å². The number of hydrogen-bond donors (Lipinski definition) is 1. The molecule has 2 heterocycles. The first-order valence-electron chi connectivity index (χ1n) is 7.01. The molecule has 0 aliphatic carbocycles. The Hall–Kier alpha value is -2.62. The van der Waals surface area contributed by atoms with Gasteiger partial charge in [-0.05, 0) is 23.9 Å². The number of piperidine rings is 1. The largest absolute Gasteiger partial charge is 0.328 e. The fraction of sp³-hybridized carbons (Fsp3) is 0.176. The predicted octanol–water partition coefficient (Wildman–Crippen LogP) is 2.59. The van der Waals surface area contributed by atoms with Gasteiger partial charge in [0.2, 0.25) is 5.91 Å². The molecule has 4 heteroatoms. The Bertz CT molecular complexity index is 804. The number of benzene rings is 2. The van der Waals surface area contributed by atoms with Crippen LogP contribution in [0.1, 0.15) is 23.2 Å². The summed E-state index contributed by atoms with van der Waals surface area (Å²) in [6.07, 6.45) is 1.03. The zero-order chi connectivity index (χ0) is 14.6. The van der Waals surface area contributed by atoms with Crippen molar-refractivity contribution in [2.75, 3.05) is 4.90 Å². The Morgan fingerprint density at radius 3 is 2.67 bits per heavy atom. The first-order valence-corrected chi connectivity index (χ1v) is 7.01. The molecule has 0 spiro atoms. The van der Waals surface area contributed by atoms with Crippen molar-refractivity contribution in [2.24, 2.45) is 0 Å². The van der Waals surface area contributed by atoms with Gasteiger partial charge in [-0.25, -0.2) is 0 Å². The molecule has 104 valence electrons. The molecule has 1 saturated heterocycles. The second-order valence-corrected chi connectivity index (χ2v) is 5.48. The number of carbonyl (C=O) groups excluding carboxylic acids is 2. The molecule has 2 aromatic rings. The fourth-order valence-electron chi connectivity index (χ4n) is 3.30. The van der Waals surface area contributed by atoms with Crippen LogP contribution in [0.25, 0.3) is 10.8 Å². The van der Waals surface area contributed by atoms with Crippen molar-refractivity contribution in [1.82, 2.24) is 5.32 Å². The minimum atomic E-state index is -0.173. The molecule has 4 nitrogen and oxygen atoms in total. The van der Waals surface area contributed by atoms with Crippen LogP contribution >= 0.6 is 0 Å². The van der Waals surface area contributed by atoms with Gasteiger partial charge in [-0.15, -0.1) is 0 Å². The molecule has 2 amide bonds. The molecular weight excluding hydrogens is 264 g/mol. The molecule has 1 unspecified atom stereocenters. The van der Waals surface area contributed by atoms with E-state index in [0.29, 0.717) is 18.5 Å². The normalized spacial score (nSPS) is 21.0. The molecule has 1 fully saturated rings. The Balaban J connectivity index is 1.86. The fourth-order valence-corrected chi connectivity index (χ4v) is 3.30. The smallest absolute Gasteiger partial charge is 0.259 e. The maximum Gasteiger partial charge on any atom is 0.259 e. The van der Waals surface area contributed by atoms with Gasteiger partial charge >= 0.3 is 0 Å². The second kappa shape index (κ2) is 4.19. The number of hydrogen-bond acceptors (Lipinski definition) is 2. The van der Waals surface area contributed by atoms with Crippen LogP contribution in [0.3, 0.4) is 0 Å². The van der Waals surface area contributed by atoms with Crippen molar-refractivity contribution in [3.05, 3.63) is 54.2 Å². The maximum absolute atomic E-state index is 12.8. The molecular formula is C17H14N2O2. The van der Waals surface area contributed by atoms with E-state index >= 15 is 0 Å². The second-order valence-electron chi connectivity index (χ2n) is 5.48. The van der Waals surface area contributed by atoms with Crippen molar-refractivity contribution in [1.29, 1.82) is 0 Å². The topological polar surface area (TPSA) is 49.4 Å². The highest BCUT2D eigenvalue weighted by Gasteiger charge is 2.37. The van der Waals surface area contributed by atoms with Gasteiger partial charge in [-0.1, -0.05) is 30.8 Å². The summed E-state index contributed by atoms with van der Waals surface area (Å²) in [5, 5.41) is 4.81. The van der Waals surface area contributed by atoms with E-state index in [0.717, 1.165) is 22.0 Å². The van der Waals surface area contributed by atoms with Crippen LogP contribution in [0.15, 0.2) is 48.7 Å². The van der Waals surface area contributed by atoms with E-state index in [1.807, 2.05) is 36.4 Å². The van der Waals surface area contributed by atoms with Gasteiger partial charge in [0.25, 0.3) is 5.91 Å². The molecule has 1 atom stereocenters. The number of rotatable bonds is 1. The van der Waals surface area contributed by atoms with E-state index in [-0.39, 0.29) is 17.9 Å². The van der Waals surface area contributed by atoms with Crippen LogP contribution in [0.2, 0.25) is 0 Å². The third-order valence-corrected chi connectivity index (χ3v) is 4.25. The van der Waals surface area contributed by atoms with Crippen LogP contribution in [0.5, 0.6) is 0 Å². The first-order chi connectivity index (χ1) is 10.2. The lowest BCUT2D eigenvalue weighted by atomic mass is 10.0. The molecule has 0 radical (unpaired) electrons. The van der Waals surface area contributed by atoms with Gasteiger partial charge in [0.15, 0.2) is 0 Å². The minimum absolute atomic E-state index is 0.0101. The summed E-state index contributed by atoms with van der Waals surface area (Å²) >= 11 is 0. The molecule has 0 bridgehead atoms. The van der Waals surface area contributed by atoms with Gasteiger partial charge in [0, 0.05) is 23.1 Å². The highest BCUT2D eigenvalue weighted by atomic mass is 16.2. The molecule has 2 aliphatic heterocycles. The Morgan fingerprint density at radius 2 is 1.90 bits per heavy atom. The average Bonchev–Trinajstić information content (AvgIpc) is 2.75. The van der Waals surface area contributed by atoms with Crippen LogP contribution < -0.4 is 10.2 Å². The van der Waals surface area contributed by atoms with Crippen molar-refractivity contribution in [2.45, 2.75) is 18.9 Å². The molecule has 4 rings (SSSR count). The number of nitrogens with zero attached hydrogens (tertiary/aromatic N) is 1. The Labute approximate surface area is 122 Å². The summed E-state index contributed by atoms with van der Waals surface area (Å²) in [5.74, 6) is -0.0392. The summed E-state index contributed by atoms with van der Waals surface area (Å²) in [5.41, 5.74) is 2.24. The summed E-state index contributed by atoms with van der Waals surface area (Å²) < 4.78 is 0. The highest BCUT2D eigenvalue weighted by molar-refractivity contribution is 6.25. The Kier molecular flexibility index (Phi) is 2.42. The standard InChI is InChI=1S/C17H14N2O2/c1-10-13(8-9-15(20)18-10)19-14-7-3-5-11-4-2-6-12(16(11)14)17(19)21/h2-7,13H,1,8-9H2,(H,18,20). The van der Waals surface area contributed by atoms with E-state index < -0.39 is 0 Å². The molecule has 2 aromatic carbocycles. The summed E-state index contributed by atoms with van der Waals surface area (Å²) in [6.45, 7) is 3.93. The molecule has 1 N–H and O–H groups in total. The van der Waals surface area contributed by atoms with E-state index in [2.05, 4.69) is 11.9 Å². The molecule has 0 aromatic heterocycles. The summed E-state index contributed by atoms with van der Waals surface area (Å²) in [6, 6.07) is 11.5. The quantitative estimate of drug-likeness (QED) is 0.871. The monoisotopic (exact) mass is 278 g/mol. The average molecular weight is 278 g/mol. The van der Waals surface area contributed by atoms with Crippen LogP contribution in [0.4, 0.5) is 5.69 Å². The van der Waals surface area contributed by atoms with E-state index in [1.54, 1.807) is 4.90 Å². The number of nitrogens with one attached hydrogen (secondary N) is 1. The Morgan fingerprint density at radius 1 is 1.14 bits per heavy atom. The predicted molar refractivity (Wildman–Crippen MR) is 81.1 cm³/mol. The van der Waals surface area contributed by atoms with Crippen LogP contribution in [0, 0.1) is 0 Å². The van der Waals surface area contributed by atoms with E-state index in [4.69, 9.17) is 0 Å². The third kappa shape index (κ3) is 1.62. The zero-order valence-corrected chi connectivity index (χ0v) is 11.4. The number of anilines is 1. The van der Waals surface area contributed by atoms with Gasteiger partial charge in [0.05, 0.1) is 11.7 Å². The highest BCUT2D eigenvalue weighted by Crippen LogP contribution is 2.40. The first kappa shape index (κ1) is 12.1. The van der Waals surface area contributed by atoms with Gasteiger partial charge in [-0.2, -0.15) is 0 Å². The molecule has 0 saturated carbocycles. The van der Waals surface area contributed by atoms with Gasteiger partial charge < -0.3 is 5.32 Å². The minimum Gasteiger partial charge on any atom is -0.328 e. The van der Waals surface area contributed by atoms with E-state index in [9.17, 15) is 9.59 Å². The zero-order valence-electron chi connectivity index (χ0n) is 11.4. The van der Waals surface area contributed by atoms with Crippen molar-refractivity contribution in [3.8, 4) is 0 Å². The van der Waals surface area contributed by atoms with E-state index in [1.165, 1.54) is 0 Å². The summed E-state index contributed by atoms with van der Waals surface area (Å²) in [7, 11) is 0. The SMILES string of the molecule is C=C1NC(=O)CCC1N1C(=O)c2cccc3cccc1c23. The maximum atomic E-state index is 12.8. The third-order valence-electron chi connectivity index (χ3n) is 4.25.